The van der Waals surface area contributed by atoms with Crippen LogP contribution in [0.4, 0.5) is 13.2 Å². The van der Waals surface area contributed by atoms with Gasteiger partial charge in [0.2, 0.25) is 0 Å². The van der Waals surface area contributed by atoms with Gasteiger partial charge in [0.1, 0.15) is 0 Å². The molecule has 2 nitrogen and oxygen atoms in total. The molecule has 4 aromatic carbocycles. The molecule has 1 saturated heterocycles. The van der Waals surface area contributed by atoms with E-state index >= 15 is 0 Å². The van der Waals surface area contributed by atoms with Gasteiger partial charge in [-0.25, -0.2) is 0 Å². The first kappa shape index (κ1) is 30.7. The lowest BCUT2D eigenvalue weighted by Gasteiger charge is -2.40. The summed E-state index contributed by atoms with van der Waals surface area (Å²) < 4.78 is 38.9. The Bertz CT molecular complexity index is 1270. The molecule has 4 aromatic rings. The van der Waals surface area contributed by atoms with Crippen molar-refractivity contribution in [1.29, 1.82) is 0 Å². The molecule has 0 aromatic heterocycles. The van der Waals surface area contributed by atoms with E-state index in [0.29, 0.717) is 0 Å². The van der Waals surface area contributed by atoms with E-state index in [1.807, 2.05) is 6.07 Å². The van der Waals surface area contributed by atoms with Crippen LogP contribution in [0.3, 0.4) is 0 Å². The number of piperazine rings is 1. The monoisotopic (exact) mass is 572 g/mol. The number of alkyl halides is 3. The fraction of sp³-hybridized carbons (Fsp3) is 0.250. The standard InChI is InChI=1S/C32H31F3N2.2ClH/c1-24-12-13-28(25-14-16-30(17-15-25)32(33,34)35)22-29(24)23-36-18-20-37(21-19-36)31(26-8-4-2-5-9-26)27-10-6-3-7-11-27;;/h2-17,22,31H,18-21,23H2,1H3;2*1H. The second-order valence-electron chi connectivity index (χ2n) is 9.75. The van der Waals surface area contributed by atoms with Crippen LogP contribution in [0.1, 0.15) is 33.9 Å². The van der Waals surface area contributed by atoms with Crippen molar-refractivity contribution in [2.45, 2.75) is 25.7 Å². The maximum atomic E-state index is 13.0. The highest BCUT2D eigenvalue weighted by Crippen LogP contribution is 2.32. The van der Waals surface area contributed by atoms with Gasteiger partial charge in [0.15, 0.2) is 0 Å². The van der Waals surface area contributed by atoms with Gasteiger partial charge in [-0.1, -0.05) is 84.9 Å². The van der Waals surface area contributed by atoms with Crippen molar-refractivity contribution in [3.8, 4) is 11.1 Å². The van der Waals surface area contributed by atoms with Crippen LogP contribution in [0.15, 0.2) is 103 Å². The molecular formula is C32H33Cl2F3N2. The Balaban J connectivity index is 0.00000210. The summed E-state index contributed by atoms with van der Waals surface area (Å²) in [5.74, 6) is 0. The van der Waals surface area contributed by atoms with Crippen LogP contribution in [0.5, 0.6) is 0 Å². The zero-order chi connectivity index (χ0) is 25.8. The summed E-state index contributed by atoms with van der Waals surface area (Å²) in [6.07, 6.45) is -4.32. The molecule has 1 heterocycles. The van der Waals surface area contributed by atoms with Gasteiger partial charge in [-0.2, -0.15) is 13.2 Å². The Hall–Kier alpha value is -2.83. The average Bonchev–Trinajstić information content (AvgIpc) is 2.92. The molecule has 0 aliphatic carbocycles. The van der Waals surface area contributed by atoms with Crippen LogP contribution in [0.25, 0.3) is 11.1 Å². The Morgan fingerprint density at radius 3 is 1.69 bits per heavy atom. The van der Waals surface area contributed by atoms with E-state index in [4.69, 9.17) is 0 Å². The van der Waals surface area contributed by atoms with E-state index in [0.717, 1.165) is 56.0 Å². The maximum Gasteiger partial charge on any atom is 0.416 e. The predicted molar refractivity (Wildman–Crippen MR) is 158 cm³/mol. The van der Waals surface area contributed by atoms with Crippen LogP contribution in [-0.4, -0.2) is 36.0 Å². The highest BCUT2D eigenvalue weighted by molar-refractivity contribution is 5.85. The summed E-state index contributed by atoms with van der Waals surface area (Å²) in [5, 5.41) is 0. The van der Waals surface area contributed by atoms with Crippen molar-refractivity contribution < 1.29 is 13.2 Å². The number of hydrogen-bond donors (Lipinski definition) is 0. The summed E-state index contributed by atoms with van der Waals surface area (Å²) in [4.78, 5) is 5.04. The third kappa shape index (κ3) is 7.43. The summed E-state index contributed by atoms with van der Waals surface area (Å²) in [7, 11) is 0. The molecule has 0 N–H and O–H groups in total. The van der Waals surface area contributed by atoms with Crippen molar-refractivity contribution in [1.82, 2.24) is 9.80 Å². The molecule has 7 heteroatoms. The molecule has 0 radical (unpaired) electrons. The third-order valence-electron chi connectivity index (χ3n) is 7.29. The van der Waals surface area contributed by atoms with E-state index < -0.39 is 11.7 Å². The molecule has 5 rings (SSSR count). The first-order valence-electron chi connectivity index (χ1n) is 12.7. The quantitative estimate of drug-likeness (QED) is 0.229. The van der Waals surface area contributed by atoms with Crippen molar-refractivity contribution in [3.05, 3.63) is 131 Å². The molecule has 0 saturated carbocycles. The van der Waals surface area contributed by atoms with Crippen LogP contribution < -0.4 is 0 Å². The number of benzene rings is 4. The molecular weight excluding hydrogens is 540 g/mol. The van der Waals surface area contributed by atoms with E-state index in [-0.39, 0.29) is 30.9 Å². The third-order valence-corrected chi connectivity index (χ3v) is 7.29. The average molecular weight is 574 g/mol. The number of nitrogens with zero attached hydrogens (tertiary/aromatic N) is 2. The van der Waals surface area contributed by atoms with Gasteiger partial charge in [0, 0.05) is 32.7 Å². The minimum absolute atomic E-state index is 0. The highest BCUT2D eigenvalue weighted by Gasteiger charge is 2.30. The molecule has 0 amide bonds. The van der Waals surface area contributed by atoms with Crippen LogP contribution >= 0.6 is 24.8 Å². The van der Waals surface area contributed by atoms with Crippen molar-refractivity contribution in [2.24, 2.45) is 0 Å². The second-order valence-corrected chi connectivity index (χ2v) is 9.75. The Morgan fingerprint density at radius 1 is 0.667 bits per heavy atom. The number of rotatable bonds is 6. The van der Waals surface area contributed by atoms with Crippen molar-refractivity contribution in [2.75, 3.05) is 26.2 Å². The summed E-state index contributed by atoms with van der Waals surface area (Å²) in [6.45, 7) is 6.77. The number of aryl methyl sites for hydroxylation is 1. The lowest BCUT2D eigenvalue weighted by molar-refractivity contribution is -0.137. The predicted octanol–water partition coefficient (Wildman–Crippen LogP) is 8.43. The van der Waals surface area contributed by atoms with Gasteiger partial charge in [0.05, 0.1) is 11.6 Å². The highest BCUT2D eigenvalue weighted by atomic mass is 35.5. The molecule has 1 fully saturated rings. The van der Waals surface area contributed by atoms with Gasteiger partial charge in [-0.15, -0.1) is 24.8 Å². The smallest absolute Gasteiger partial charge is 0.297 e. The van der Waals surface area contributed by atoms with Crippen molar-refractivity contribution in [3.63, 3.8) is 0 Å². The van der Waals surface area contributed by atoms with Gasteiger partial charge in [-0.05, 0) is 58.5 Å². The topological polar surface area (TPSA) is 6.48 Å². The van der Waals surface area contributed by atoms with Gasteiger partial charge in [0.25, 0.3) is 0 Å². The van der Waals surface area contributed by atoms with Crippen molar-refractivity contribution >= 4 is 24.8 Å². The molecule has 206 valence electrons. The van der Waals surface area contributed by atoms with Gasteiger partial charge < -0.3 is 0 Å². The first-order chi connectivity index (χ1) is 17.9. The first-order valence-corrected chi connectivity index (χ1v) is 12.7. The fourth-order valence-electron chi connectivity index (χ4n) is 5.18. The molecule has 1 aliphatic heterocycles. The largest absolute Gasteiger partial charge is 0.416 e. The van der Waals surface area contributed by atoms with Crippen LogP contribution in [0, 0.1) is 6.92 Å². The minimum atomic E-state index is -4.32. The Kier molecular flexibility index (Phi) is 10.6. The normalized spacial score (nSPS) is 14.5. The molecule has 0 atom stereocenters. The minimum Gasteiger partial charge on any atom is -0.297 e. The van der Waals surface area contributed by atoms with Crippen LogP contribution in [-0.2, 0) is 12.7 Å². The zero-order valence-electron chi connectivity index (χ0n) is 21.8. The number of hydrogen-bond acceptors (Lipinski definition) is 2. The molecule has 1 aliphatic rings. The second kappa shape index (κ2) is 13.5. The van der Waals surface area contributed by atoms with Crippen LogP contribution in [0.2, 0.25) is 0 Å². The summed E-state index contributed by atoms with van der Waals surface area (Å²) in [6, 6.07) is 33.2. The molecule has 0 spiro atoms. The number of halogens is 5. The van der Waals surface area contributed by atoms with Gasteiger partial charge >= 0.3 is 6.18 Å². The maximum absolute atomic E-state index is 13.0. The fourth-order valence-corrected chi connectivity index (χ4v) is 5.18. The molecule has 0 bridgehead atoms. The lowest BCUT2D eigenvalue weighted by Crippen LogP contribution is -2.47. The van der Waals surface area contributed by atoms with E-state index in [1.165, 1.54) is 22.3 Å². The van der Waals surface area contributed by atoms with E-state index in [2.05, 4.69) is 89.5 Å². The Morgan fingerprint density at radius 2 is 1.18 bits per heavy atom. The lowest BCUT2D eigenvalue weighted by atomic mass is 9.96. The summed E-state index contributed by atoms with van der Waals surface area (Å²) >= 11 is 0. The zero-order valence-corrected chi connectivity index (χ0v) is 23.4. The van der Waals surface area contributed by atoms with E-state index in [1.54, 1.807) is 12.1 Å². The Labute approximate surface area is 241 Å². The van der Waals surface area contributed by atoms with E-state index in [9.17, 15) is 13.2 Å². The molecule has 39 heavy (non-hydrogen) atoms. The SMILES string of the molecule is Cc1ccc(-c2ccc(C(F)(F)F)cc2)cc1CN1CCN(C(c2ccccc2)c2ccccc2)CC1.Cl.Cl. The van der Waals surface area contributed by atoms with Gasteiger partial charge in [-0.3, -0.25) is 9.80 Å². The molecule has 0 unspecified atom stereocenters. The summed E-state index contributed by atoms with van der Waals surface area (Å²) in [5.41, 5.74) is 6.15.